The van der Waals surface area contributed by atoms with Crippen molar-refractivity contribution >= 4 is 10.1 Å². The van der Waals surface area contributed by atoms with Gasteiger partial charge in [0, 0.05) is 6.20 Å². The van der Waals surface area contributed by atoms with Crippen molar-refractivity contribution in [3.8, 4) is 0 Å². The molecular weight excluding hydrogens is 160 g/mol. The van der Waals surface area contributed by atoms with Crippen molar-refractivity contribution in [3.63, 3.8) is 0 Å². The lowest BCUT2D eigenvalue weighted by Crippen LogP contribution is -2.04. The maximum absolute atomic E-state index is 10.3. The fraction of sp³-hybridized carbons (Fsp3) is 0. The van der Waals surface area contributed by atoms with E-state index in [-0.39, 0.29) is 0 Å². The Morgan fingerprint density at radius 3 is 2.30 bits per heavy atom. The first kappa shape index (κ1) is 7.03. The first-order valence-electron chi connectivity index (χ1n) is 2.25. The lowest BCUT2D eigenvalue weighted by Gasteiger charge is -1.84. The second-order valence-electron chi connectivity index (χ2n) is 1.58. The van der Waals surface area contributed by atoms with Crippen LogP contribution in [0.2, 0.25) is 0 Å². The van der Waals surface area contributed by atoms with Gasteiger partial charge >= 0.3 is 15.8 Å². The van der Waals surface area contributed by atoms with Gasteiger partial charge < -0.3 is 4.98 Å². The highest BCUT2D eigenvalue weighted by molar-refractivity contribution is 7.85. The Morgan fingerprint density at radius 2 is 2.10 bits per heavy atom. The van der Waals surface area contributed by atoms with E-state index in [0.717, 1.165) is 6.20 Å². The van der Waals surface area contributed by atoms with Crippen molar-refractivity contribution < 1.29 is 13.0 Å². The van der Waals surface area contributed by atoms with Gasteiger partial charge in [0.05, 0.1) is 0 Å². The molecule has 0 saturated carbocycles. The zero-order chi connectivity index (χ0) is 7.78. The molecular formula is C3H4N2O4S. The minimum atomic E-state index is -4.27. The molecule has 0 atom stereocenters. The van der Waals surface area contributed by atoms with Gasteiger partial charge in [-0.2, -0.15) is 8.42 Å². The van der Waals surface area contributed by atoms with Crippen molar-refractivity contribution in [3.05, 3.63) is 16.7 Å². The molecule has 0 saturated heterocycles. The first-order valence-corrected chi connectivity index (χ1v) is 3.69. The minimum Gasteiger partial charge on any atom is -0.311 e. The summed E-state index contributed by atoms with van der Waals surface area (Å²) in [6.07, 6.45) is 0.873. The van der Waals surface area contributed by atoms with Crippen molar-refractivity contribution in [2.75, 3.05) is 0 Å². The third-order valence-electron chi connectivity index (χ3n) is 0.849. The Bertz CT molecular complexity index is 371. The summed E-state index contributed by atoms with van der Waals surface area (Å²) in [6.45, 7) is 0. The second kappa shape index (κ2) is 1.96. The molecule has 1 aromatic heterocycles. The SMILES string of the molecule is O=c1[nH]cc(S(=O)(=O)O)[nH]1. The van der Waals surface area contributed by atoms with E-state index in [0.29, 0.717) is 0 Å². The summed E-state index contributed by atoms with van der Waals surface area (Å²) in [5.41, 5.74) is -0.673. The van der Waals surface area contributed by atoms with Crippen LogP contribution in [0.15, 0.2) is 16.0 Å². The zero-order valence-corrected chi connectivity index (χ0v) is 5.47. The molecule has 7 heteroatoms. The summed E-state index contributed by atoms with van der Waals surface area (Å²) in [6, 6.07) is 0. The van der Waals surface area contributed by atoms with Crippen LogP contribution in [0.3, 0.4) is 0 Å². The Morgan fingerprint density at radius 1 is 1.50 bits per heavy atom. The Balaban J connectivity index is 3.34. The predicted octanol–water partition coefficient (Wildman–Crippen LogP) is -1.05. The Kier molecular flexibility index (Phi) is 1.38. The molecule has 6 nitrogen and oxygen atoms in total. The summed E-state index contributed by atoms with van der Waals surface area (Å²) in [4.78, 5) is 14.1. The van der Waals surface area contributed by atoms with Crippen LogP contribution in [0.4, 0.5) is 0 Å². The normalized spacial score (nSPS) is 11.7. The highest BCUT2D eigenvalue weighted by Crippen LogP contribution is 1.96. The molecule has 1 heterocycles. The van der Waals surface area contributed by atoms with Crippen molar-refractivity contribution in [1.82, 2.24) is 9.97 Å². The minimum absolute atomic E-state index is 0.530. The molecule has 0 aliphatic carbocycles. The lowest BCUT2D eigenvalue weighted by atomic mass is 11.0. The van der Waals surface area contributed by atoms with Crippen LogP contribution in [0.5, 0.6) is 0 Å². The number of hydrogen-bond donors (Lipinski definition) is 3. The molecule has 1 rings (SSSR count). The van der Waals surface area contributed by atoms with Crippen LogP contribution < -0.4 is 5.69 Å². The number of H-pyrrole nitrogens is 2. The van der Waals surface area contributed by atoms with Gasteiger partial charge in [0.15, 0.2) is 5.03 Å². The van der Waals surface area contributed by atoms with Crippen molar-refractivity contribution in [2.24, 2.45) is 0 Å². The van der Waals surface area contributed by atoms with E-state index in [1.54, 1.807) is 0 Å². The molecule has 0 aromatic carbocycles. The lowest BCUT2D eigenvalue weighted by molar-refractivity contribution is 0.479. The summed E-state index contributed by atoms with van der Waals surface area (Å²) >= 11 is 0. The van der Waals surface area contributed by atoms with E-state index in [2.05, 4.69) is 0 Å². The second-order valence-corrected chi connectivity index (χ2v) is 2.97. The van der Waals surface area contributed by atoms with Crippen LogP contribution in [-0.4, -0.2) is 22.9 Å². The van der Waals surface area contributed by atoms with E-state index < -0.39 is 20.8 Å². The number of rotatable bonds is 1. The van der Waals surface area contributed by atoms with Gasteiger partial charge in [-0.15, -0.1) is 0 Å². The molecule has 3 N–H and O–H groups in total. The average Bonchev–Trinajstić information content (AvgIpc) is 2.11. The number of imidazole rings is 1. The smallest absolute Gasteiger partial charge is 0.311 e. The van der Waals surface area contributed by atoms with Gasteiger partial charge in [-0.25, -0.2) is 4.79 Å². The van der Waals surface area contributed by atoms with E-state index in [4.69, 9.17) is 4.55 Å². The average molecular weight is 164 g/mol. The van der Waals surface area contributed by atoms with E-state index >= 15 is 0 Å². The van der Waals surface area contributed by atoms with Crippen LogP contribution in [0.1, 0.15) is 0 Å². The summed E-state index contributed by atoms with van der Waals surface area (Å²) in [5, 5.41) is -0.530. The molecule has 0 spiro atoms. The van der Waals surface area contributed by atoms with Crippen LogP contribution >= 0.6 is 0 Å². The first-order chi connectivity index (χ1) is 4.50. The van der Waals surface area contributed by atoms with Gasteiger partial charge in [-0.1, -0.05) is 0 Å². The molecule has 1 aromatic rings. The standard InChI is InChI=1S/C3H4N2O4S/c6-3-4-1-2(5-3)10(7,8)9/h1H,(H2,4,5,6)(H,7,8,9). The highest BCUT2D eigenvalue weighted by Gasteiger charge is 2.10. The highest BCUT2D eigenvalue weighted by atomic mass is 32.2. The predicted molar refractivity (Wildman–Crippen MR) is 31.2 cm³/mol. The van der Waals surface area contributed by atoms with E-state index in [9.17, 15) is 13.2 Å². The van der Waals surface area contributed by atoms with Gasteiger partial charge in [0.1, 0.15) is 0 Å². The molecule has 0 aliphatic heterocycles. The number of hydrogen-bond acceptors (Lipinski definition) is 3. The quantitative estimate of drug-likeness (QED) is 0.461. The Labute approximate surface area is 55.7 Å². The number of aromatic nitrogens is 2. The number of aromatic amines is 2. The zero-order valence-electron chi connectivity index (χ0n) is 4.66. The topological polar surface area (TPSA) is 103 Å². The van der Waals surface area contributed by atoms with Gasteiger partial charge in [0.2, 0.25) is 0 Å². The fourth-order valence-electron chi connectivity index (χ4n) is 0.454. The summed E-state index contributed by atoms with van der Waals surface area (Å²) in [7, 11) is -4.27. The van der Waals surface area contributed by atoms with Crippen LogP contribution in [0, 0.1) is 0 Å². The van der Waals surface area contributed by atoms with Gasteiger partial charge in [-0.05, 0) is 0 Å². The summed E-state index contributed by atoms with van der Waals surface area (Å²) < 4.78 is 28.7. The maximum Gasteiger partial charge on any atom is 0.323 e. The molecule has 10 heavy (non-hydrogen) atoms. The Hall–Kier alpha value is -1.08. The molecule has 0 unspecified atom stereocenters. The molecule has 56 valence electrons. The molecule has 0 radical (unpaired) electrons. The molecule has 0 amide bonds. The fourth-order valence-corrected chi connectivity index (χ4v) is 0.884. The third kappa shape index (κ3) is 1.25. The van der Waals surface area contributed by atoms with Crippen LogP contribution in [-0.2, 0) is 10.1 Å². The van der Waals surface area contributed by atoms with E-state index in [1.807, 2.05) is 9.97 Å². The molecule has 0 fully saturated rings. The molecule has 0 aliphatic rings. The molecule has 0 bridgehead atoms. The number of nitrogens with one attached hydrogen (secondary N) is 2. The van der Waals surface area contributed by atoms with Crippen LogP contribution in [0.25, 0.3) is 0 Å². The van der Waals surface area contributed by atoms with Gasteiger partial charge in [-0.3, -0.25) is 9.54 Å². The summed E-state index contributed by atoms with van der Waals surface area (Å²) in [5.74, 6) is 0. The third-order valence-corrected chi connectivity index (χ3v) is 1.62. The van der Waals surface area contributed by atoms with E-state index in [1.165, 1.54) is 0 Å². The monoisotopic (exact) mass is 164 g/mol. The van der Waals surface area contributed by atoms with Crippen molar-refractivity contribution in [1.29, 1.82) is 0 Å². The van der Waals surface area contributed by atoms with Crippen molar-refractivity contribution in [2.45, 2.75) is 5.03 Å². The van der Waals surface area contributed by atoms with Gasteiger partial charge in [0.25, 0.3) is 0 Å². The largest absolute Gasteiger partial charge is 0.323 e. The maximum atomic E-state index is 10.3.